The molecule has 1 saturated heterocycles. The monoisotopic (exact) mass is 336 g/mol. The molecular weight excluding hydrogens is 316 g/mol. The summed E-state index contributed by atoms with van der Waals surface area (Å²) in [5, 5.41) is 2.69. The van der Waals surface area contributed by atoms with Crippen LogP contribution in [-0.4, -0.2) is 47.5 Å². The minimum atomic E-state index is -0.481. The number of nitrogens with zero attached hydrogens (tertiary/aromatic N) is 1. The number of esters is 1. The maximum atomic E-state index is 11.8. The molecule has 124 valence electrons. The molecule has 0 saturated carbocycles. The maximum absolute atomic E-state index is 11.8. The van der Waals surface area contributed by atoms with Gasteiger partial charge in [0.15, 0.2) is 6.61 Å². The number of rotatable bonds is 6. The van der Waals surface area contributed by atoms with E-state index in [0.717, 1.165) is 16.9 Å². The van der Waals surface area contributed by atoms with E-state index in [9.17, 15) is 14.4 Å². The number of anilines is 1. The number of hydrogen-bond acceptors (Lipinski definition) is 5. The van der Waals surface area contributed by atoms with Crippen molar-refractivity contribution in [2.24, 2.45) is 0 Å². The van der Waals surface area contributed by atoms with Crippen molar-refractivity contribution in [2.45, 2.75) is 20.3 Å². The Hall–Kier alpha value is -2.02. The van der Waals surface area contributed by atoms with Crippen LogP contribution in [0.15, 0.2) is 18.2 Å². The molecule has 7 heteroatoms. The zero-order valence-corrected chi connectivity index (χ0v) is 14.1. The molecule has 1 aromatic carbocycles. The quantitative estimate of drug-likeness (QED) is 0.807. The van der Waals surface area contributed by atoms with Crippen LogP contribution in [0.5, 0.6) is 0 Å². The normalized spacial score (nSPS) is 14.0. The zero-order valence-electron chi connectivity index (χ0n) is 13.3. The smallest absolute Gasteiger partial charge is 0.308 e. The zero-order chi connectivity index (χ0) is 16.8. The molecule has 1 heterocycles. The highest BCUT2D eigenvalue weighted by Gasteiger charge is 2.21. The average Bonchev–Trinajstić information content (AvgIpc) is 2.87. The number of benzene rings is 1. The number of nitrogens with one attached hydrogen (secondary N) is 1. The van der Waals surface area contributed by atoms with Gasteiger partial charge in [-0.1, -0.05) is 17.8 Å². The molecule has 0 radical (unpaired) electrons. The highest BCUT2D eigenvalue weighted by molar-refractivity contribution is 8.13. The third-order valence-corrected chi connectivity index (χ3v) is 4.19. The third-order valence-electron chi connectivity index (χ3n) is 3.30. The SMILES string of the molecule is Cc1cc(C)cc(NC(=O)COC(=O)CCN2CCSC2=O)c1. The Bertz CT molecular complexity index is 598. The van der Waals surface area contributed by atoms with Gasteiger partial charge < -0.3 is 15.0 Å². The van der Waals surface area contributed by atoms with E-state index in [2.05, 4.69) is 5.32 Å². The lowest BCUT2D eigenvalue weighted by Gasteiger charge is -2.13. The number of carbonyl (C=O) groups excluding carboxylic acids is 3. The second kappa shape index (κ2) is 8.01. The van der Waals surface area contributed by atoms with E-state index in [1.165, 1.54) is 11.8 Å². The van der Waals surface area contributed by atoms with Crippen molar-refractivity contribution >= 4 is 34.6 Å². The molecule has 0 atom stereocenters. The standard InChI is InChI=1S/C16H20N2O4S/c1-11-7-12(2)9-13(8-11)17-14(19)10-22-15(20)3-4-18-5-6-23-16(18)21/h7-9H,3-6,10H2,1-2H3,(H,17,19). The highest BCUT2D eigenvalue weighted by Crippen LogP contribution is 2.17. The molecule has 0 bridgehead atoms. The van der Waals surface area contributed by atoms with Crippen molar-refractivity contribution in [1.29, 1.82) is 0 Å². The van der Waals surface area contributed by atoms with Crippen LogP contribution in [-0.2, 0) is 14.3 Å². The second-order valence-electron chi connectivity index (χ2n) is 5.44. The van der Waals surface area contributed by atoms with Crippen LogP contribution in [0.25, 0.3) is 0 Å². The summed E-state index contributed by atoms with van der Waals surface area (Å²) < 4.78 is 4.94. The molecule has 0 spiro atoms. The molecule has 0 aromatic heterocycles. The summed E-state index contributed by atoms with van der Waals surface area (Å²) >= 11 is 1.25. The lowest BCUT2D eigenvalue weighted by Crippen LogP contribution is -2.27. The molecule has 1 aromatic rings. The van der Waals surface area contributed by atoms with Crippen molar-refractivity contribution in [2.75, 3.05) is 30.8 Å². The molecule has 1 N–H and O–H groups in total. The first kappa shape index (κ1) is 17.3. The molecule has 1 fully saturated rings. The van der Waals surface area contributed by atoms with E-state index in [1.54, 1.807) is 4.90 Å². The Morgan fingerprint density at radius 3 is 2.57 bits per heavy atom. The van der Waals surface area contributed by atoms with Crippen LogP contribution in [0.4, 0.5) is 10.5 Å². The van der Waals surface area contributed by atoms with Gasteiger partial charge >= 0.3 is 5.97 Å². The predicted octanol–water partition coefficient (Wildman–Crippen LogP) is 2.34. The molecule has 1 aliphatic heterocycles. The van der Waals surface area contributed by atoms with Crippen LogP contribution in [0, 0.1) is 13.8 Å². The lowest BCUT2D eigenvalue weighted by molar-refractivity contribution is -0.147. The van der Waals surface area contributed by atoms with Crippen molar-refractivity contribution in [1.82, 2.24) is 4.90 Å². The van der Waals surface area contributed by atoms with E-state index in [4.69, 9.17) is 4.74 Å². The fourth-order valence-electron chi connectivity index (χ4n) is 2.32. The van der Waals surface area contributed by atoms with Gasteiger partial charge in [-0.05, 0) is 37.1 Å². The first-order chi connectivity index (χ1) is 10.9. The number of ether oxygens (including phenoxy) is 1. The molecule has 6 nitrogen and oxygen atoms in total. The molecule has 23 heavy (non-hydrogen) atoms. The third kappa shape index (κ3) is 5.59. The van der Waals surface area contributed by atoms with Crippen molar-refractivity contribution in [3.8, 4) is 0 Å². The molecule has 1 aliphatic rings. The van der Waals surface area contributed by atoms with E-state index in [-0.39, 0.29) is 24.2 Å². The van der Waals surface area contributed by atoms with E-state index in [0.29, 0.717) is 18.8 Å². The number of thioether (sulfide) groups is 1. The predicted molar refractivity (Wildman–Crippen MR) is 89.5 cm³/mol. The van der Waals surface area contributed by atoms with Gasteiger partial charge in [-0.25, -0.2) is 0 Å². The van der Waals surface area contributed by atoms with Gasteiger partial charge in [0.2, 0.25) is 0 Å². The summed E-state index contributed by atoms with van der Waals surface area (Å²) in [7, 11) is 0. The van der Waals surface area contributed by atoms with E-state index in [1.807, 2.05) is 32.0 Å². The van der Waals surface area contributed by atoms with Gasteiger partial charge in [-0.15, -0.1) is 0 Å². The summed E-state index contributed by atoms with van der Waals surface area (Å²) in [4.78, 5) is 36.4. The molecule has 0 aliphatic carbocycles. The Morgan fingerprint density at radius 1 is 1.26 bits per heavy atom. The number of carbonyl (C=O) groups is 3. The fraction of sp³-hybridized carbons (Fsp3) is 0.438. The Kier molecular flexibility index (Phi) is 6.04. The molecule has 0 unspecified atom stereocenters. The number of hydrogen-bond donors (Lipinski definition) is 1. The summed E-state index contributed by atoms with van der Waals surface area (Å²) in [6.07, 6.45) is 0.100. The first-order valence-corrected chi connectivity index (χ1v) is 8.38. The fourth-order valence-corrected chi connectivity index (χ4v) is 3.17. The van der Waals surface area contributed by atoms with Gasteiger partial charge in [0.05, 0.1) is 6.42 Å². The van der Waals surface area contributed by atoms with Crippen LogP contribution in [0.3, 0.4) is 0 Å². The van der Waals surface area contributed by atoms with E-state index < -0.39 is 5.97 Å². The van der Waals surface area contributed by atoms with Crippen molar-refractivity contribution < 1.29 is 19.1 Å². The number of aryl methyl sites for hydroxylation is 2. The van der Waals surface area contributed by atoms with Gasteiger partial charge in [0.25, 0.3) is 11.1 Å². The van der Waals surface area contributed by atoms with Crippen LogP contribution >= 0.6 is 11.8 Å². The van der Waals surface area contributed by atoms with Crippen LogP contribution in [0.2, 0.25) is 0 Å². The van der Waals surface area contributed by atoms with Gasteiger partial charge in [0, 0.05) is 24.5 Å². The Labute approximate surface area is 139 Å². The summed E-state index contributed by atoms with van der Waals surface area (Å²) in [6.45, 7) is 4.56. The van der Waals surface area contributed by atoms with Crippen LogP contribution < -0.4 is 5.32 Å². The lowest BCUT2D eigenvalue weighted by atomic mass is 10.1. The summed E-state index contributed by atoms with van der Waals surface area (Å²) in [6, 6.07) is 5.71. The number of amides is 2. The van der Waals surface area contributed by atoms with E-state index >= 15 is 0 Å². The van der Waals surface area contributed by atoms with Crippen molar-refractivity contribution in [3.05, 3.63) is 29.3 Å². The van der Waals surface area contributed by atoms with Gasteiger partial charge in [0.1, 0.15) is 0 Å². The second-order valence-corrected chi connectivity index (χ2v) is 6.48. The minimum absolute atomic E-state index is 0.00893. The summed E-state index contributed by atoms with van der Waals surface area (Å²) in [5.74, 6) is -0.104. The average molecular weight is 336 g/mol. The minimum Gasteiger partial charge on any atom is -0.456 e. The first-order valence-electron chi connectivity index (χ1n) is 7.39. The van der Waals surface area contributed by atoms with Crippen molar-refractivity contribution in [3.63, 3.8) is 0 Å². The highest BCUT2D eigenvalue weighted by atomic mass is 32.2. The summed E-state index contributed by atoms with van der Waals surface area (Å²) in [5.41, 5.74) is 2.78. The molecule has 2 rings (SSSR count). The molecular formula is C16H20N2O4S. The van der Waals surface area contributed by atoms with Crippen LogP contribution in [0.1, 0.15) is 17.5 Å². The van der Waals surface area contributed by atoms with Gasteiger partial charge in [-0.3, -0.25) is 14.4 Å². The van der Waals surface area contributed by atoms with Gasteiger partial charge in [-0.2, -0.15) is 0 Å². The molecule has 2 amide bonds. The Balaban J connectivity index is 1.71. The Morgan fingerprint density at radius 2 is 1.96 bits per heavy atom. The largest absolute Gasteiger partial charge is 0.456 e. The maximum Gasteiger partial charge on any atom is 0.308 e. The topological polar surface area (TPSA) is 75.7 Å².